The standard InChI is InChI=1S/C7H19N3.5C2H4O2/c8-4-1-2-6-10-7-3-5-9;5*1-2(3)4/h10H,1-9H2;5*1H3,(H,3,4). The number of carboxylic acid groups (broad SMARTS) is 5. The quantitative estimate of drug-likeness (QED) is 0.243. The normalized spacial score (nSPS) is 7.57. The average molecular weight is 446 g/mol. The molecule has 182 valence electrons. The van der Waals surface area contributed by atoms with Crippen LogP contribution in [0.2, 0.25) is 0 Å². The number of aliphatic carboxylic acids is 5. The molecule has 30 heavy (non-hydrogen) atoms. The van der Waals surface area contributed by atoms with E-state index >= 15 is 0 Å². The van der Waals surface area contributed by atoms with Crippen LogP contribution in [0, 0.1) is 0 Å². The molecule has 0 rings (SSSR count). The maximum absolute atomic E-state index is 9.00. The van der Waals surface area contributed by atoms with Gasteiger partial charge in [0, 0.05) is 34.6 Å². The molecule has 13 nitrogen and oxygen atoms in total. The van der Waals surface area contributed by atoms with Gasteiger partial charge in [0.2, 0.25) is 0 Å². The minimum absolute atomic E-state index is 0.782. The monoisotopic (exact) mass is 445 g/mol. The second-order valence-electron chi connectivity index (χ2n) is 4.98. The number of rotatable bonds is 7. The Hall–Kier alpha value is -2.77. The molecule has 0 heterocycles. The molecule has 0 spiro atoms. The molecule has 0 aliphatic heterocycles. The van der Waals surface area contributed by atoms with E-state index in [0.29, 0.717) is 0 Å². The van der Waals surface area contributed by atoms with Crippen molar-refractivity contribution in [2.45, 2.75) is 53.9 Å². The molecule has 0 bridgehead atoms. The number of carboxylic acids is 5. The number of carbonyl (C=O) groups is 5. The van der Waals surface area contributed by atoms with Crippen molar-refractivity contribution in [3.63, 3.8) is 0 Å². The zero-order valence-electron chi connectivity index (χ0n) is 18.4. The van der Waals surface area contributed by atoms with Crippen LogP contribution in [0.15, 0.2) is 0 Å². The summed E-state index contributed by atoms with van der Waals surface area (Å²) in [6.07, 6.45) is 3.37. The summed E-state index contributed by atoms with van der Waals surface area (Å²) in [5.41, 5.74) is 10.6. The molecule has 0 saturated heterocycles. The lowest BCUT2D eigenvalue weighted by Crippen LogP contribution is -2.19. The van der Waals surface area contributed by atoms with Gasteiger partial charge in [-0.25, -0.2) is 0 Å². The third-order valence-corrected chi connectivity index (χ3v) is 1.37. The van der Waals surface area contributed by atoms with E-state index in [0.717, 1.165) is 73.6 Å². The van der Waals surface area contributed by atoms with Crippen molar-refractivity contribution >= 4 is 29.8 Å². The molecule has 0 amide bonds. The highest BCUT2D eigenvalue weighted by molar-refractivity contribution is 5.63. The van der Waals surface area contributed by atoms with E-state index in [4.69, 9.17) is 61.0 Å². The Morgan fingerprint density at radius 2 is 0.733 bits per heavy atom. The molecule has 0 radical (unpaired) electrons. The van der Waals surface area contributed by atoms with Gasteiger partial charge in [-0.05, 0) is 45.4 Å². The van der Waals surface area contributed by atoms with Gasteiger partial charge >= 0.3 is 0 Å². The fourth-order valence-electron chi connectivity index (χ4n) is 0.746. The Labute approximate surface area is 177 Å². The highest BCUT2D eigenvalue weighted by Gasteiger charge is 1.85. The van der Waals surface area contributed by atoms with Crippen molar-refractivity contribution in [2.75, 3.05) is 26.2 Å². The topological polar surface area (TPSA) is 251 Å². The van der Waals surface area contributed by atoms with E-state index in [9.17, 15) is 0 Å². The summed E-state index contributed by atoms with van der Waals surface area (Å²) in [6, 6.07) is 0. The van der Waals surface area contributed by atoms with Gasteiger partial charge in [-0.3, -0.25) is 24.0 Å². The van der Waals surface area contributed by atoms with Crippen LogP contribution >= 0.6 is 0 Å². The Morgan fingerprint density at radius 3 is 0.933 bits per heavy atom. The van der Waals surface area contributed by atoms with E-state index in [1.165, 1.54) is 6.42 Å². The van der Waals surface area contributed by atoms with E-state index < -0.39 is 29.8 Å². The first-order valence-electron chi connectivity index (χ1n) is 8.66. The molecule has 0 fully saturated rings. The van der Waals surface area contributed by atoms with Crippen molar-refractivity contribution < 1.29 is 49.5 Å². The molecular weight excluding hydrogens is 406 g/mol. The Balaban J connectivity index is -0.0000000616. The van der Waals surface area contributed by atoms with Crippen molar-refractivity contribution in [1.82, 2.24) is 5.32 Å². The number of nitrogens with two attached hydrogens (primary N) is 2. The third kappa shape index (κ3) is 828. The third-order valence-electron chi connectivity index (χ3n) is 1.37. The molecule has 0 aliphatic carbocycles. The lowest BCUT2D eigenvalue weighted by molar-refractivity contribution is -0.135. The zero-order chi connectivity index (χ0) is 25.5. The predicted octanol–water partition coefficient (Wildman–Crippen LogP) is 0.118. The number of hydrogen-bond donors (Lipinski definition) is 8. The smallest absolute Gasteiger partial charge is 0.300 e. The SMILES string of the molecule is CC(=O)O.CC(=O)O.CC(=O)O.CC(=O)O.CC(=O)O.NCCCCNCCCN. The lowest BCUT2D eigenvalue weighted by atomic mass is 10.3. The van der Waals surface area contributed by atoms with Gasteiger partial charge < -0.3 is 42.3 Å². The number of nitrogens with one attached hydrogen (secondary N) is 1. The number of hydrogen-bond acceptors (Lipinski definition) is 8. The van der Waals surface area contributed by atoms with Crippen LogP contribution in [-0.2, 0) is 24.0 Å². The Bertz CT molecular complexity index is 321. The first-order chi connectivity index (χ1) is 13.6. The van der Waals surface area contributed by atoms with E-state index in [1.807, 2.05) is 0 Å². The summed E-state index contributed by atoms with van der Waals surface area (Å²) in [5.74, 6) is -4.17. The molecule has 0 aromatic rings. The van der Waals surface area contributed by atoms with E-state index in [1.54, 1.807) is 0 Å². The second kappa shape index (κ2) is 40.8. The molecule has 0 aromatic carbocycles. The molecule has 0 saturated carbocycles. The lowest BCUT2D eigenvalue weighted by Gasteiger charge is -2.01. The van der Waals surface area contributed by atoms with Crippen LogP contribution in [-0.4, -0.2) is 81.6 Å². The molecule has 13 heteroatoms. The molecule has 0 aromatic heterocycles. The van der Waals surface area contributed by atoms with Gasteiger partial charge in [-0.1, -0.05) is 0 Å². The zero-order valence-corrected chi connectivity index (χ0v) is 18.4. The van der Waals surface area contributed by atoms with Gasteiger partial charge in [-0.15, -0.1) is 0 Å². The van der Waals surface area contributed by atoms with Crippen LogP contribution in [0.4, 0.5) is 0 Å². The Kier molecular flexibility index (Phi) is 56.5. The van der Waals surface area contributed by atoms with Gasteiger partial charge in [0.05, 0.1) is 0 Å². The molecular formula is C17H39N3O10. The molecule has 0 atom stereocenters. The van der Waals surface area contributed by atoms with Crippen LogP contribution in [0.5, 0.6) is 0 Å². The summed E-state index contributed by atoms with van der Waals surface area (Å²) in [7, 11) is 0. The van der Waals surface area contributed by atoms with Gasteiger partial charge in [-0.2, -0.15) is 0 Å². The highest BCUT2D eigenvalue weighted by Crippen LogP contribution is 1.81. The van der Waals surface area contributed by atoms with Crippen LogP contribution < -0.4 is 16.8 Å². The van der Waals surface area contributed by atoms with Crippen LogP contribution in [0.3, 0.4) is 0 Å². The molecule has 0 unspecified atom stereocenters. The van der Waals surface area contributed by atoms with Crippen molar-refractivity contribution in [3.8, 4) is 0 Å². The first kappa shape index (κ1) is 41.6. The van der Waals surface area contributed by atoms with Crippen molar-refractivity contribution in [3.05, 3.63) is 0 Å². The van der Waals surface area contributed by atoms with E-state index in [2.05, 4.69) is 5.32 Å². The first-order valence-corrected chi connectivity index (χ1v) is 8.66. The predicted molar refractivity (Wildman–Crippen MR) is 111 cm³/mol. The van der Waals surface area contributed by atoms with Gasteiger partial charge in [0.25, 0.3) is 29.8 Å². The molecule has 10 N–H and O–H groups in total. The summed E-state index contributed by atoms with van der Waals surface area (Å²) in [5, 5.41) is 40.4. The summed E-state index contributed by atoms with van der Waals surface area (Å²) >= 11 is 0. The Morgan fingerprint density at radius 1 is 0.533 bits per heavy atom. The fraction of sp³-hybridized carbons (Fsp3) is 0.706. The second-order valence-corrected chi connectivity index (χ2v) is 4.98. The van der Waals surface area contributed by atoms with Gasteiger partial charge in [0.15, 0.2) is 0 Å². The maximum atomic E-state index is 9.00. The fourth-order valence-corrected chi connectivity index (χ4v) is 0.746. The molecule has 0 aliphatic rings. The van der Waals surface area contributed by atoms with Crippen LogP contribution in [0.1, 0.15) is 53.9 Å². The summed E-state index contributed by atoms with van der Waals surface area (Å²) in [4.78, 5) is 45.0. The van der Waals surface area contributed by atoms with Crippen molar-refractivity contribution in [2.24, 2.45) is 11.5 Å². The number of unbranched alkanes of at least 4 members (excludes halogenated alkanes) is 1. The van der Waals surface area contributed by atoms with Crippen molar-refractivity contribution in [1.29, 1.82) is 0 Å². The van der Waals surface area contributed by atoms with E-state index in [-0.39, 0.29) is 0 Å². The van der Waals surface area contributed by atoms with Crippen LogP contribution in [0.25, 0.3) is 0 Å². The van der Waals surface area contributed by atoms with Gasteiger partial charge in [0.1, 0.15) is 0 Å². The largest absolute Gasteiger partial charge is 0.481 e. The summed E-state index contributed by atoms with van der Waals surface area (Å²) < 4.78 is 0. The maximum Gasteiger partial charge on any atom is 0.300 e. The summed E-state index contributed by atoms with van der Waals surface area (Å²) in [6.45, 7) is 9.13. The minimum atomic E-state index is -0.833. The average Bonchev–Trinajstić information content (AvgIpc) is 2.48. The highest BCUT2D eigenvalue weighted by atomic mass is 16.4. The minimum Gasteiger partial charge on any atom is -0.481 e.